The van der Waals surface area contributed by atoms with Crippen molar-refractivity contribution in [2.45, 2.75) is 64.1 Å². The molecule has 0 aromatic rings. The molecule has 2 fully saturated rings. The van der Waals surface area contributed by atoms with Crippen LogP contribution in [0.15, 0.2) is 0 Å². The lowest BCUT2D eigenvalue weighted by Gasteiger charge is -2.45. The molecule has 0 spiro atoms. The summed E-state index contributed by atoms with van der Waals surface area (Å²) in [5.74, 6) is 1.16. The van der Waals surface area contributed by atoms with E-state index >= 15 is 0 Å². The Bertz CT molecular complexity index is 243. The zero-order chi connectivity index (χ0) is 13.0. The van der Waals surface area contributed by atoms with Gasteiger partial charge in [-0.05, 0) is 31.6 Å². The van der Waals surface area contributed by atoms with Crippen LogP contribution in [0, 0.1) is 11.8 Å². The van der Waals surface area contributed by atoms with Gasteiger partial charge in [0, 0.05) is 32.7 Å². The minimum Gasteiger partial charge on any atom is -0.390 e. The molecule has 1 saturated heterocycles. The zero-order valence-electron chi connectivity index (χ0n) is 11.9. The minimum absolute atomic E-state index is 0.316. The quantitative estimate of drug-likeness (QED) is 0.840. The van der Waals surface area contributed by atoms with Gasteiger partial charge in [-0.15, -0.1) is 0 Å². The third-order valence-electron chi connectivity index (χ3n) is 4.73. The molecular formula is C15H28O3. The van der Waals surface area contributed by atoms with Crippen molar-refractivity contribution >= 4 is 0 Å². The second kappa shape index (κ2) is 6.36. The van der Waals surface area contributed by atoms with Crippen LogP contribution in [0.4, 0.5) is 0 Å². The van der Waals surface area contributed by atoms with Gasteiger partial charge >= 0.3 is 0 Å². The first kappa shape index (κ1) is 14.3. The van der Waals surface area contributed by atoms with E-state index in [1.807, 2.05) is 6.92 Å². The standard InChI is InChI=1S/C15H28O3/c1-3-18-15(7-9-17-10-8-15)14(16)13-6-4-5-12(2)11-13/h12-14,16H,3-11H2,1-2H3. The SMILES string of the molecule is CCOC1(C(O)C2CCCC(C)C2)CCOCC1. The highest BCUT2D eigenvalue weighted by molar-refractivity contribution is 4.95. The maximum absolute atomic E-state index is 10.8. The third kappa shape index (κ3) is 3.06. The van der Waals surface area contributed by atoms with Gasteiger partial charge in [-0.3, -0.25) is 0 Å². The largest absolute Gasteiger partial charge is 0.390 e. The molecule has 106 valence electrons. The van der Waals surface area contributed by atoms with Crippen LogP contribution in [0.2, 0.25) is 0 Å². The first-order valence-corrected chi connectivity index (χ1v) is 7.57. The van der Waals surface area contributed by atoms with E-state index in [0.717, 1.165) is 44.8 Å². The van der Waals surface area contributed by atoms with Crippen LogP contribution < -0.4 is 0 Å². The first-order valence-electron chi connectivity index (χ1n) is 7.57. The number of hydrogen-bond donors (Lipinski definition) is 1. The molecule has 1 aliphatic carbocycles. The van der Waals surface area contributed by atoms with Gasteiger partial charge in [0.15, 0.2) is 0 Å². The second-order valence-electron chi connectivity index (χ2n) is 6.09. The highest BCUT2D eigenvalue weighted by atomic mass is 16.5. The molecule has 0 aromatic heterocycles. The summed E-state index contributed by atoms with van der Waals surface area (Å²) in [6.45, 7) is 6.45. The number of aliphatic hydroxyl groups excluding tert-OH is 1. The number of aliphatic hydroxyl groups is 1. The molecule has 1 saturated carbocycles. The van der Waals surface area contributed by atoms with E-state index < -0.39 is 0 Å². The normalized spacial score (nSPS) is 34.2. The van der Waals surface area contributed by atoms with E-state index in [1.165, 1.54) is 12.8 Å². The van der Waals surface area contributed by atoms with Crippen LogP contribution >= 0.6 is 0 Å². The molecule has 3 atom stereocenters. The van der Waals surface area contributed by atoms with Gasteiger partial charge in [0.05, 0.1) is 11.7 Å². The maximum atomic E-state index is 10.8. The van der Waals surface area contributed by atoms with Crippen molar-refractivity contribution in [1.29, 1.82) is 0 Å². The molecule has 2 aliphatic rings. The lowest BCUT2D eigenvalue weighted by Crippen LogP contribution is -2.53. The van der Waals surface area contributed by atoms with E-state index in [9.17, 15) is 5.11 Å². The summed E-state index contributed by atoms with van der Waals surface area (Å²) in [7, 11) is 0. The van der Waals surface area contributed by atoms with Gasteiger partial charge in [-0.25, -0.2) is 0 Å². The number of hydrogen-bond acceptors (Lipinski definition) is 3. The summed E-state index contributed by atoms with van der Waals surface area (Å²) in [4.78, 5) is 0. The summed E-state index contributed by atoms with van der Waals surface area (Å²) in [6, 6.07) is 0. The Balaban J connectivity index is 2.04. The van der Waals surface area contributed by atoms with Crippen LogP contribution in [-0.4, -0.2) is 36.6 Å². The predicted molar refractivity (Wildman–Crippen MR) is 71.5 cm³/mol. The van der Waals surface area contributed by atoms with Crippen molar-refractivity contribution in [2.75, 3.05) is 19.8 Å². The molecule has 3 unspecified atom stereocenters. The number of ether oxygens (including phenoxy) is 2. The van der Waals surface area contributed by atoms with Crippen molar-refractivity contribution in [3.05, 3.63) is 0 Å². The summed E-state index contributed by atoms with van der Waals surface area (Å²) in [5.41, 5.74) is -0.339. The first-order chi connectivity index (χ1) is 8.68. The van der Waals surface area contributed by atoms with Crippen LogP contribution in [0.1, 0.15) is 52.4 Å². The lowest BCUT2D eigenvalue weighted by atomic mass is 9.72. The molecule has 3 heteroatoms. The minimum atomic E-state index is -0.339. The van der Waals surface area contributed by atoms with Crippen LogP contribution in [0.25, 0.3) is 0 Å². The van der Waals surface area contributed by atoms with Gasteiger partial charge in [0.25, 0.3) is 0 Å². The zero-order valence-corrected chi connectivity index (χ0v) is 11.9. The van der Waals surface area contributed by atoms with Gasteiger partial charge < -0.3 is 14.6 Å². The molecule has 0 aromatic carbocycles. The lowest BCUT2D eigenvalue weighted by molar-refractivity contribution is -0.183. The molecule has 0 radical (unpaired) electrons. The molecule has 2 rings (SSSR count). The van der Waals surface area contributed by atoms with Crippen molar-refractivity contribution in [2.24, 2.45) is 11.8 Å². The maximum Gasteiger partial charge on any atom is 0.0986 e. The topological polar surface area (TPSA) is 38.7 Å². The molecule has 18 heavy (non-hydrogen) atoms. The van der Waals surface area contributed by atoms with E-state index in [1.54, 1.807) is 0 Å². The Morgan fingerprint density at radius 1 is 1.33 bits per heavy atom. The summed E-state index contributed by atoms with van der Waals surface area (Å²) < 4.78 is 11.4. The Morgan fingerprint density at radius 3 is 2.67 bits per heavy atom. The molecule has 0 amide bonds. The van der Waals surface area contributed by atoms with E-state index in [2.05, 4.69) is 6.92 Å². The van der Waals surface area contributed by atoms with Crippen molar-refractivity contribution < 1.29 is 14.6 Å². The molecular weight excluding hydrogens is 228 g/mol. The Kier molecular flexibility index (Phi) is 5.05. The van der Waals surface area contributed by atoms with Crippen LogP contribution in [0.3, 0.4) is 0 Å². The molecule has 0 bridgehead atoms. The average Bonchev–Trinajstić information content (AvgIpc) is 2.39. The monoisotopic (exact) mass is 256 g/mol. The Labute approximate surface area is 111 Å². The molecule has 1 aliphatic heterocycles. The molecule has 3 nitrogen and oxygen atoms in total. The Morgan fingerprint density at radius 2 is 2.06 bits per heavy atom. The highest BCUT2D eigenvalue weighted by Crippen LogP contribution is 2.39. The summed E-state index contributed by atoms with van der Waals surface area (Å²) in [5, 5.41) is 10.8. The summed E-state index contributed by atoms with van der Waals surface area (Å²) >= 11 is 0. The van der Waals surface area contributed by atoms with Gasteiger partial charge in [0.2, 0.25) is 0 Å². The van der Waals surface area contributed by atoms with E-state index in [4.69, 9.17) is 9.47 Å². The fourth-order valence-electron chi connectivity index (χ4n) is 3.73. The second-order valence-corrected chi connectivity index (χ2v) is 6.09. The van der Waals surface area contributed by atoms with Gasteiger partial charge in [-0.2, -0.15) is 0 Å². The number of rotatable bonds is 4. The molecule has 1 N–H and O–H groups in total. The molecule has 1 heterocycles. The van der Waals surface area contributed by atoms with Crippen LogP contribution in [-0.2, 0) is 9.47 Å². The third-order valence-corrected chi connectivity index (χ3v) is 4.73. The van der Waals surface area contributed by atoms with Crippen LogP contribution in [0.5, 0.6) is 0 Å². The van der Waals surface area contributed by atoms with E-state index in [0.29, 0.717) is 12.5 Å². The van der Waals surface area contributed by atoms with Gasteiger partial charge in [-0.1, -0.05) is 19.8 Å². The summed E-state index contributed by atoms with van der Waals surface area (Å²) in [6.07, 6.45) is 6.23. The van der Waals surface area contributed by atoms with Crippen molar-refractivity contribution in [3.63, 3.8) is 0 Å². The fraction of sp³-hybridized carbons (Fsp3) is 1.00. The fourth-order valence-corrected chi connectivity index (χ4v) is 3.73. The van der Waals surface area contributed by atoms with E-state index in [-0.39, 0.29) is 11.7 Å². The van der Waals surface area contributed by atoms with Crippen molar-refractivity contribution in [3.8, 4) is 0 Å². The van der Waals surface area contributed by atoms with Gasteiger partial charge in [0.1, 0.15) is 0 Å². The van der Waals surface area contributed by atoms with Crippen molar-refractivity contribution in [1.82, 2.24) is 0 Å². The average molecular weight is 256 g/mol. The predicted octanol–water partition coefficient (Wildman–Crippen LogP) is 2.76. The Hall–Kier alpha value is -0.120. The smallest absolute Gasteiger partial charge is 0.0986 e. The highest BCUT2D eigenvalue weighted by Gasteiger charge is 2.44.